The predicted octanol–water partition coefficient (Wildman–Crippen LogP) is 7.10. The summed E-state index contributed by atoms with van der Waals surface area (Å²) in [5, 5.41) is 15.4. The standard InChI is InChI=1S/C29H36N4O5.C11H11N/c1-29(2,3)38-28(37)33(20-24-8-4-5-16-32-24)19-21-11-13-22(14-12-21)26(34)25(27(35)36)10-7-15-30-18-23-9-6-17-31-23;12-8-10-6-3-5-9-4-1-2-7-11(9)10/h4-6,8-9,11-14,16-17,25,30-31H,7,10,15,18-20H2,1-3H3,(H,35,36);1-7H,8,12H2/t25-;/m0./s1. The van der Waals surface area contributed by atoms with E-state index < -0.39 is 29.4 Å². The minimum atomic E-state index is -1.13. The number of aromatic amines is 1. The lowest BCUT2D eigenvalue weighted by Crippen LogP contribution is -2.36. The smallest absolute Gasteiger partial charge is 0.410 e. The number of carboxylic acid groups (broad SMARTS) is 1. The van der Waals surface area contributed by atoms with E-state index in [1.54, 1.807) is 62.2 Å². The summed E-state index contributed by atoms with van der Waals surface area (Å²) in [6.07, 6.45) is 3.83. The number of carbonyl (C=O) groups is 3. The minimum Gasteiger partial charge on any atom is -0.481 e. The van der Waals surface area contributed by atoms with E-state index in [0.717, 1.165) is 17.0 Å². The highest BCUT2D eigenvalue weighted by Crippen LogP contribution is 2.20. The highest BCUT2D eigenvalue weighted by Gasteiger charge is 2.27. The molecule has 0 unspecified atom stereocenters. The van der Waals surface area contributed by atoms with E-state index in [0.29, 0.717) is 31.6 Å². The predicted molar refractivity (Wildman–Crippen MR) is 195 cm³/mol. The van der Waals surface area contributed by atoms with E-state index in [9.17, 15) is 19.5 Å². The van der Waals surface area contributed by atoms with Gasteiger partial charge in [0.05, 0.1) is 12.2 Å². The molecule has 10 heteroatoms. The van der Waals surface area contributed by atoms with Crippen LogP contribution in [0.4, 0.5) is 4.79 Å². The van der Waals surface area contributed by atoms with Gasteiger partial charge in [0.25, 0.3) is 0 Å². The van der Waals surface area contributed by atoms with Crippen molar-refractivity contribution in [2.45, 2.75) is 65.4 Å². The number of nitrogens with one attached hydrogen (secondary N) is 2. The quantitative estimate of drug-likeness (QED) is 0.0552. The molecule has 0 saturated carbocycles. The van der Waals surface area contributed by atoms with Gasteiger partial charge < -0.3 is 25.9 Å². The first kappa shape index (κ1) is 37.5. The SMILES string of the molecule is CC(C)(C)OC(=O)N(Cc1ccc(C(=O)[C@H](CCCNCc2ccc[nH]2)C(=O)O)cc1)Cc1ccccn1.NCc1cccc2ccccc12. The molecule has 0 spiro atoms. The van der Waals surface area contributed by atoms with E-state index in [4.69, 9.17) is 10.5 Å². The number of fused-ring (bicyclic) bond motifs is 1. The Kier molecular flexibility index (Phi) is 13.8. The second kappa shape index (κ2) is 18.4. The van der Waals surface area contributed by atoms with Crippen molar-refractivity contribution in [3.63, 3.8) is 0 Å². The number of benzene rings is 3. The molecular weight excluding hydrogens is 630 g/mol. The summed E-state index contributed by atoms with van der Waals surface area (Å²) in [4.78, 5) is 46.6. The zero-order valence-corrected chi connectivity index (χ0v) is 29.0. The van der Waals surface area contributed by atoms with Crippen molar-refractivity contribution >= 4 is 28.6 Å². The normalized spacial score (nSPS) is 11.7. The Labute approximate surface area is 293 Å². The van der Waals surface area contributed by atoms with Crippen molar-refractivity contribution < 1.29 is 24.2 Å². The number of hydrogen-bond acceptors (Lipinski definition) is 7. The molecule has 1 amide bonds. The summed E-state index contributed by atoms with van der Waals surface area (Å²) in [6, 6.07) is 30.6. The third-order valence-electron chi connectivity index (χ3n) is 7.88. The topological polar surface area (TPSA) is 151 Å². The maximum absolute atomic E-state index is 13.0. The van der Waals surface area contributed by atoms with Gasteiger partial charge >= 0.3 is 12.1 Å². The highest BCUT2D eigenvalue weighted by atomic mass is 16.6. The Bertz CT molecular complexity index is 1800. The highest BCUT2D eigenvalue weighted by molar-refractivity contribution is 6.08. The number of H-pyrrole nitrogens is 1. The van der Waals surface area contributed by atoms with Crippen molar-refractivity contribution in [2.24, 2.45) is 11.7 Å². The van der Waals surface area contributed by atoms with Gasteiger partial charge in [0.2, 0.25) is 0 Å². The summed E-state index contributed by atoms with van der Waals surface area (Å²) in [6.45, 7) is 7.79. The van der Waals surface area contributed by atoms with Gasteiger partial charge in [-0.1, -0.05) is 72.8 Å². The molecule has 0 radical (unpaired) electrons. The van der Waals surface area contributed by atoms with Crippen molar-refractivity contribution in [3.05, 3.63) is 138 Å². The summed E-state index contributed by atoms with van der Waals surface area (Å²) in [5.41, 5.74) is 9.05. The van der Waals surface area contributed by atoms with Crippen LogP contribution in [0.15, 0.2) is 109 Å². The largest absolute Gasteiger partial charge is 0.481 e. The van der Waals surface area contributed by atoms with Gasteiger partial charge in [-0.3, -0.25) is 19.5 Å². The molecule has 5 aromatic rings. The fourth-order valence-electron chi connectivity index (χ4n) is 5.36. The molecule has 2 heterocycles. The van der Waals surface area contributed by atoms with Crippen molar-refractivity contribution in [3.8, 4) is 0 Å². The van der Waals surface area contributed by atoms with Gasteiger partial charge in [-0.25, -0.2) is 4.79 Å². The van der Waals surface area contributed by atoms with E-state index >= 15 is 0 Å². The van der Waals surface area contributed by atoms with Gasteiger partial charge in [-0.2, -0.15) is 0 Å². The fourth-order valence-corrected chi connectivity index (χ4v) is 5.36. The number of aliphatic carboxylic acids is 1. The maximum atomic E-state index is 13.0. The Balaban J connectivity index is 0.000000390. The van der Waals surface area contributed by atoms with Gasteiger partial charge in [0.15, 0.2) is 5.78 Å². The molecule has 5 rings (SSSR count). The average Bonchev–Trinajstić information content (AvgIpc) is 3.63. The van der Waals surface area contributed by atoms with Crippen LogP contribution in [0.25, 0.3) is 10.8 Å². The number of hydrogen-bond donors (Lipinski definition) is 4. The van der Waals surface area contributed by atoms with E-state index in [1.165, 1.54) is 16.3 Å². The zero-order chi connectivity index (χ0) is 35.9. The van der Waals surface area contributed by atoms with Crippen LogP contribution in [0.5, 0.6) is 0 Å². The summed E-state index contributed by atoms with van der Waals surface area (Å²) in [7, 11) is 0. The monoisotopic (exact) mass is 677 g/mol. The number of nitrogens with zero attached hydrogens (tertiary/aromatic N) is 2. The summed E-state index contributed by atoms with van der Waals surface area (Å²) < 4.78 is 5.57. The lowest BCUT2D eigenvalue weighted by molar-refractivity contribution is -0.140. The molecule has 0 aliphatic heterocycles. The van der Waals surface area contributed by atoms with Crippen molar-refractivity contribution in [1.29, 1.82) is 0 Å². The first-order valence-electron chi connectivity index (χ1n) is 16.8. The molecule has 0 saturated heterocycles. The van der Waals surface area contributed by atoms with Crippen LogP contribution in [0.3, 0.4) is 0 Å². The molecule has 262 valence electrons. The maximum Gasteiger partial charge on any atom is 0.410 e. The molecule has 0 aliphatic carbocycles. The van der Waals surface area contributed by atoms with Crippen LogP contribution in [0.1, 0.15) is 66.5 Å². The summed E-state index contributed by atoms with van der Waals surface area (Å²) >= 11 is 0. The molecule has 3 aromatic carbocycles. The van der Waals surface area contributed by atoms with E-state index in [2.05, 4.69) is 39.6 Å². The third kappa shape index (κ3) is 11.7. The number of amides is 1. The number of Topliss-reactive ketones (excluding diaryl/α,β-unsaturated/α-hetero) is 1. The fraction of sp³-hybridized carbons (Fsp3) is 0.300. The number of nitrogens with two attached hydrogens (primary N) is 1. The number of carbonyl (C=O) groups excluding carboxylic acids is 2. The second-order valence-corrected chi connectivity index (χ2v) is 13.0. The van der Waals surface area contributed by atoms with Crippen LogP contribution in [0.2, 0.25) is 0 Å². The van der Waals surface area contributed by atoms with Crippen LogP contribution >= 0.6 is 0 Å². The van der Waals surface area contributed by atoms with Gasteiger partial charge in [-0.15, -0.1) is 0 Å². The Morgan fingerprint density at radius 2 is 1.66 bits per heavy atom. The van der Waals surface area contributed by atoms with Crippen LogP contribution < -0.4 is 11.1 Å². The first-order valence-corrected chi connectivity index (χ1v) is 16.8. The number of rotatable bonds is 14. The Hall–Kier alpha value is -5.32. The number of aromatic nitrogens is 2. The lowest BCUT2D eigenvalue weighted by atomic mass is 9.93. The van der Waals surface area contributed by atoms with Gasteiger partial charge in [-0.05, 0) is 86.3 Å². The molecule has 0 aliphatic rings. The van der Waals surface area contributed by atoms with E-state index in [-0.39, 0.29) is 19.5 Å². The van der Waals surface area contributed by atoms with E-state index in [1.807, 2.05) is 48.7 Å². The number of ether oxygens (including phenoxy) is 1. The van der Waals surface area contributed by atoms with Crippen molar-refractivity contribution in [1.82, 2.24) is 20.2 Å². The Morgan fingerprint density at radius 1 is 0.920 bits per heavy atom. The molecular formula is C40H47N5O5. The zero-order valence-electron chi connectivity index (χ0n) is 29.0. The summed E-state index contributed by atoms with van der Waals surface area (Å²) in [5.74, 6) is -2.67. The third-order valence-corrected chi connectivity index (χ3v) is 7.88. The van der Waals surface area contributed by atoms with Gasteiger partial charge in [0, 0.05) is 43.3 Å². The molecule has 2 aromatic heterocycles. The molecule has 1 atom stereocenters. The van der Waals surface area contributed by atoms with Crippen LogP contribution in [0, 0.1) is 5.92 Å². The van der Waals surface area contributed by atoms with Crippen molar-refractivity contribution in [2.75, 3.05) is 6.54 Å². The minimum absolute atomic E-state index is 0.240. The number of pyridine rings is 1. The molecule has 5 N–H and O–H groups in total. The van der Waals surface area contributed by atoms with Gasteiger partial charge in [0.1, 0.15) is 11.5 Å². The molecule has 10 nitrogen and oxygen atoms in total. The first-order chi connectivity index (χ1) is 24.0. The lowest BCUT2D eigenvalue weighted by Gasteiger charge is -2.27. The number of carboxylic acids is 1. The van der Waals surface area contributed by atoms with Crippen LogP contribution in [-0.4, -0.2) is 50.0 Å². The second-order valence-electron chi connectivity index (χ2n) is 13.0. The molecule has 50 heavy (non-hydrogen) atoms. The molecule has 0 bridgehead atoms. The Morgan fingerprint density at radius 3 is 2.32 bits per heavy atom. The molecule has 0 fully saturated rings. The van der Waals surface area contributed by atoms with Crippen LogP contribution in [-0.2, 0) is 35.7 Å². The number of ketones is 1. The average molecular weight is 678 g/mol.